The molecule has 0 spiro atoms. The summed E-state index contributed by atoms with van der Waals surface area (Å²) in [5.41, 5.74) is 1.76. The van der Waals surface area contributed by atoms with Gasteiger partial charge < -0.3 is 0 Å². The largest absolute Gasteiger partial charge is 0.297 e. The Morgan fingerprint density at radius 3 is 2.32 bits per heavy atom. The number of benzene rings is 2. The molecule has 2 aromatic carbocycles. The summed E-state index contributed by atoms with van der Waals surface area (Å²) in [5.74, 6) is -0.737. The summed E-state index contributed by atoms with van der Waals surface area (Å²) in [4.78, 5) is 21.5. The molecule has 122 valence electrons. The number of hydrogen-bond donors (Lipinski definition) is 0. The van der Waals surface area contributed by atoms with Crippen molar-refractivity contribution >= 4 is 60.7 Å². The first-order valence-electron chi connectivity index (χ1n) is 7.51. The van der Waals surface area contributed by atoms with E-state index in [9.17, 15) is 10.1 Å². The third-order valence-electron chi connectivity index (χ3n) is 3.62. The number of carbonyl (C=O) groups excluding carboxylic acids is 1. The van der Waals surface area contributed by atoms with E-state index in [4.69, 9.17) is 0 Å². The van der Waals surface area contributed by atoms with Gasteiger partial charge in [0.05, 0.1) is 32.3 Å². The van der Waals surface area contributed by atoms with Crippen LogP contribution in [0.1, 0.15) is 10.9 Å². The number of ketones is 1. The van der Waals surface area contributed by atoms with E-state index in [-0.39, 0.29) is 11.5 Å². The van der Waals surface area contributed by atoms with Gasteiger partial charge in [0.25, 0.3) is 0 Å². The van der Waals surface area contributed by atoms with E-state index in [0.717, 1.165) is 24.8 Å². The van der Waals surface area contributed by atoms with Crippen LogP contribution in [-0.4, -0.2) is 21.5 Å². The molecule has 0 unspecified atom stereocenters. The van der Waals surface area contributed by atoms with Crippen LogP contribution in [-0.2, 0) is 4.79 Å². The van der Waals surface area contributed by atoms with Crippen LogP contribution in [0.3, 0.4) is 0 Å². The van der Waals surface area contributed by atoms with Gasteiger partial charge in [0.15, 0.2) is 16.0 Å². The fourth-order valence-electron chi connectivity index (χ4n) is 2.41. The zero-order valence-corrected chi connectivity index (χ0v) is 15.3. The van der Waals surface area contributed by atoms with Crippen molar-refractivity contribution < 1.29 is 4.79 Å². The predicted octanol–water partition coefficient (Wildman–Crippen LogP) is 4.87. The second-order valence-corrected chi connectivity index (χ2v) is 8.60. The van der Waals surface area contributed by atoms with Crippen molar-refractivity contribution in [3.63, 3.8) is 0 Å². The Labute approximate surface area is 156 Å². The van der Waals surface area contributed by atoms with Crippen molar-refractivity contribution in [2.45, 2.75) is 10.3 Å². The molecule has 2 heterocycles. The molecule has 4 nitrogen and oxygen atoms in total. The van der Waals surface area contributed by atoms with Crippen molar-refractivity contribution in [3.8, 4) is 6.07 Å². The maximum absolute atomic E-state index is 12.5. The third-order valence-corrected chi connectivity index (χ3v) is 6.92. The third kappa shape index (κ3) is 3.29. The maximum atomic E-state index is 12.5. The van der Waals surface area contributed by atoms with Crippen LogP contribution in [0.4, 0.5) is 0 Å². The molecule has 0 amide bonds. The van der Waals surface area contributed by atoms with Crippen molar-refractivity contribution in [3.05, 3.63) is 53.5 Å². The average Bonchev–Trinajstić information content (AvgIpc) is 3.23. The molecular weight excluding hydrogens is 370 g/mol. The molecule has 25 heavy (non-hydrogen) atoms. The molecule has 0 saturated heterocycles. The standard InChI is InChI=1S/C18H11N3OS3/c19-9-11(17-20-12-5-1-3-7-15(12)24-17)14(22)10-23-18-21-13-6-2-4-8-16(13)25-18/h1-8,11H,10H2/t11-/m0/s1. The number of nitriles is 1. The summed E-state index contributed by atoms with van der Waals surface area (Å²) in [5, 5.41) is 10.0. The lowest BCUT2D eigenvalue weighted by atomic mass is 10.1. The first kappa shape index (κ1) is 16.2. The molecule has 1 atom stereocenters. The molecule has 0 fully saturated rings. The molecule has 2 aromatic heterocycles. The number of aromatic nitrogens is 2. The highest BCUT2D eigenvalue weighted by atomic mass is 32.2. The van der Waals surface area contributed by atoms with Crippen LogP contribution in [0.2, 0.25) is 0 Å². The Bertz CT molecular complexity index is 1040. The fourth-order valence-corrected chi connectivity index (χ4v) is 5.42. The first-order valence-corrected chi connectivity index (χ1v) is 10.1. The Balaban J connectivity index is 1.51. The SMILES string of the molecule is N#C[C@@H](C(=O)CSc1nc2ccccc2s1)c1nc2ccccc2s1. The highest BCUT2D eigenvalue weighted by Gasteiger charge is 2.24. The minimum Gasteiger partial charge on any atom is -0.297 e. The van der Waals surface area contributed by atoms with E-state index in [2.05, 4.69) is 16.0 Å². The summed E-state index contributed by atoms with van der Waals surface area (Å²) >= 11 is 4.35. The van der Waals surface area contributed by atoms with Crippen molar-refractivity contribution in [2.24, 2.45) is 0 Å². The summed E-state index contributed by atoms with van der Waals surface area (Å²) in [7, 11) is 0. The molecule has 7 heteroatoms. The zero-order valence-electron chi connectivity index (χ0n) is 12.9. The fraction of sp³-hybridized carbons (Fsp3) is 0.111. The second-order valence-electron chi connectivity index (χ2n) is 5.28. The highest BCUT2D eigenvalue weighted by Crippen LogP contribution is 2.32. The van der Waals surface area contributed by atoms with Crippen molar-refractivity contribution in [2.75, 3.05) is 5.75 Å². The molecule has 4 rings (SSSR count). The van der Waals surface area contributed by atoms with Crippen LogP contribution in [0.25, 0.3) is 20.4 Å². The van der Waals surface area contributed by atoms with Gasteiger partial charge in [-0.1, -0.05) is 36.0 Å². The van der Waals surface area contributed by atoms with E-state index in [1.807, 2.05) is 48.5 Å². The number of carbonyl (C=O) groups is 1. The molecule has 0 bridgehead atoms. The molecule has 4 aromatic rings. The Morgan fingerprint density at radius 2 is 1.68 bits per heavy atom. The van der Waals surface area contributed by atoms with Crippen LogP contribution in [0.15, 0.2) is 52.9 Å². The second kappa shape index (κ2) is 6.92. The molecule has 0 aliphatic carbocycles. The van der Waals surface area contributed by atoms with Gasteiger partial charge in [-0.05, 0) is 24.3 Å². The van der Waals surface area contributed by atoms with Gasteiger partial charge in [-0.25, -0.2) is 9.97 Å². The molecule has 0 N–H and O–H groups in total. The monoisotopic (exact) mass is 381 g/mol. The molecule has 0 saturated carbocycles. The van der Waals surface area contributed by atoms with Gasteiger partial charge in [-0.15, -0.1) is 22.7 Å². The number of nitrogens with zero attached hydrogens (tertiary/aromatic N) is 3. The Hall–Kier alpha value is -2.27. The van der Waals surface area contributed by atoms with Gasteiger partial charge >= 0.3 is 0 Å². The van der Waals surface area contributed by atoms with Crippen molar-refractivity contribution in [1.82, 2.24) is 9.97 Å². The molecular formula is C18H11N3OS3. The highest BCUT2D eigenvalue weighted by molar-refractivity contribution is 8.01. The number of hydrogen-bond acceptors (Lipinski definition) is 7. The van der Waals surface area contributed by atoms with E-state index in [1.165, 1.54) is 23.1 Å². The molecule has 0 aliphatic heterocycles. The number of para-hydroxylation sites is 2. The zero-order chi connectivity index (χ0) is 17.2. The van der Waals surface area contributed by atoms with Gasteiger partial charge in [0.2, 0.25) is 0 Å². The van der Waals surface area contributed by atoms with Crippen molar-refractivity contribution in [1.29, 1.82) is 5.26 Å². The number of thiazole rings is 2. The minimum atomic E-state index is -0.820. The lowest BCUT2D eigenvalue weighted by molar-refractivity contribution is -0.116. The number of rotatable bonds is 5. The minimum absolute atomic E-state index is 0.134. The maximum Gasteiger partial charge on any atom is 0.167 e. The lowest BCUT2D eigenvalue weighted by Gasteiger charge is -2.03. The summed E-state index contributed by atoms with van der Waals surface area (Å²) in [6.07, 6.45) is 0. The molecule has 0 aliphatic rings. The predicted molar refractivity (Wildman–Crippen MR) is 103 cm³/mol. The van der Waals surface area contributed by atoms with Crippen LogP contribution in [0, 0.1) is 11.3 Å². The van der Waals surface area contributed by atoms with E-state index in [0.29, 0.717) is 5.01 Å². The first-order chi connectivity index (χ1) is 12.2. The summed E-state index contributed by atoms with van der Waals surface area (Å²) < 4.78 is 2.93. The number of Topliss-reactive ketones (excluding diaryl/α,β-unsaturated/α-hetero) is 1. The topological polar surface area (TPSA) is 66.6 Å². The van der Waals surface area contributed by atoms with Crippen LogP contribution < -0.4 is 0 Å². The van der Waals surface area contributed by atoms with Crippen LogP contribution >= 0.6 is 34.4 Å². The lowest BCUT2D eigenvalue weighted by Crippen LogP contribution is -2.12. The van der Waals surface area contributed by atoms with Gasteiger partial charge in [-0.3, -0.25) is 4.79 Å². The van der Waals surface area contributed by atoms with Gasteiger partial charge in [0.1, 0.15) is 5.01 Å². The number of fused-ring (bicyclic) bond motifs is 2. The summed E-state index contributed by atoms with van der Waals surface area (Å²) in [6.45, 7) is 0. The van der Waals surface area contributed by atoms with Gasteiger partial charge in [-0.2, -0.15) is 5.26 Å². The smallest absolute Gasteiger partial charge is 0.167 e. The quantitative estimate of drug-likeness (QED) is 0.461. The van der Waals surface area contributed by atoms with E-state index in [1.54, 1.807) is 11.3 Å². The normalized spacial score (nSPS) is 12.3. The van der Waals surface area contributed by atoms with Crippen LogP contribution in [0.5, 0.6) is 0 Å². The van der Waals surface area contributed by atoms with Gasteiger partial charge in [0, 0.05) is 0 Å². The number of thioether (sulfide) groups is 1. The van der Waals surface area contributed by atoms with E-state index < -0.39 is 5.92 Å². The van der Waals surface area contributed by atoms with E-state index >= 15 is 0 Å². The summed E-state index contributed by atoms with van der Waals surface area (Å²) in [6, 6.07) is 17.7. The molecule has 0 radical (unpaired) electrons. The Kier molecular flexibility index (Phi) is 4.49. The average molecular weight is 382 g/mol. The Morgan fingerprint density at radius 1 is 1.04 bits per heavy atom.